The van der Waals surface area contributed by atoms with Crippen LogP contribution in [0.25, 0.3) is 5.57 Å². The number of hydrogen-bond acceptors (Lipinski definition) is 5. The van der Waals surface area contributed by atoms with E-state index < -0.39 is 5.97 Å². The maximum Gasteiger partial charge on any atom is 0.374 e. The van der Waals surface area contributed by atoms with Crippen LogP contribution in [-0.2, 0) is 22.5 Å². The molecule has 1 amide bonds. The molecule has 1 aromatic heterocycles. The molecule has 3 aromatic rings. The summed E-state index contributed by atoms with van der Waals surface area (Å²) in [6.45, 7) is 6.65. The van der Waals surface area contributed by atoms with Crippen molar-refractivity contribution in [3.8, 4) is 5.75 Å². The van der Waals surface area contributed by atoms with Gasteiger partial charge in [-0.2, -0.15) is 0 Å². The highest BCUT2D eigenvalue weighted by Gasteiger charge is 2.25. The molecule has 2 aromatic carbocycles. The Kier molecular flexibility index (Phi) is 8.16. The average molecular weight is 508 g/mol. The van der Waals surface area contributed by atoms with Crippen LogP contribution < -0.4 is 10.1 Å². The Morgan fingerprint density at radius 3 is 2.58 bits per heavy atom. The van der Waals surface area contributed by atoms with Gasteiger partial charge in [-0.15, -0.1) is 0 Å². The molecule has 36 heavy (non-hydrogen) atoms. The van der Waals surface area contributed by atoms with Gasteiger partial charge in [0.15, 0.2) is 0 Å². The lowest BCUT2D eigenvalue weighted by molar-refractivity contribution is -0.117. The molecule has 0 unspecified atom stereocenters. The quantitative estimate of drug-likeness (QED) is 0.260. The summed E-state index contributed by atoms with van der Waals surface area (Å²) in [4.78, 5) is 25.0. The van der Waals surface area contributed by atoms with E-state index in [9.17, 15) is 9.59 Å². The van der Waals surface area contributed by atoms with Crippen LogP contribution in [0.5, 0.6) is 5.75 Å². The van der Waals surface area contributed by atoms with Gasteiger partial charge < -0.3 is 19.2 Å². The normalized spacial score (nSPS) is 12.4. The van der Waals surface area contributed by atoms with Crippen LogP contribution in [0.4, 0.5) is 0 Å². The highest BCUT2D eigenvalue weighted by atomic mass is 35.5. The first-order chi connectivity index (χ1) is 17.4. The Morgan fingerprint density at radius 2 is 1.83 bits per heavy atom. The molecule has 7 heteroatoms. The second kappa shape index (κ2) is 11.5. The van der Waals surface area contributed by atoms with Crippen LogP contribution in [0, 0.1) is 13.8 Å². The van der Waals surface area contributed by atoms with Crippen LogP contribution in [0.3, 0.4) is 0 Å². The van der Waals surface area contributed by atoms with Gasteiger partial charge in [-0.1, -0.05) is 35.9 Å². The minimum atomic E-state index is -0.516. The zero-order valence-corrected chi connectivity index (χ0v) is 21.5. The first-order valence-electron chi connectivity index (χ1n) is 12.1. The van der Waals surface area contributed by atoms with Gasteiger partial charge in [0.05, 0.1) is 19.8 Å². The van der Waals surface area contributed by atoms with Crippen LogP contribution in [0.1, 0.15) is 58.3 Å². The number of rotatable bonds is 10. The second-order valence-electron chi connectivity index (χ2n) is 8.78. The standard InChI is InChI=1S/C29H30ClNO5/c1-4-34-29(33)26-12-11-21(36-26)17-31-28(32)25-16-20-8-5-6-9-23(20)24(25)10-7-13-35-22-14-18(2)27(30)19(3)15-22/h5-6,8-9,11-12,14-15H,4,7,10,13,16-17H2,1-3H3,(H,31,32). The molecule has 0 aliphatic heterocycles. The fourth-order valence-corrected chi connectivity index (χ4v) is 4.53. The molecular formula is C29H30ClNO5. The summed E-state index contributed by atoms with van der Waals surface area (Å²) in [5.41, 5.74) is 6.04. The lowest BCUT2D eigenvalue weighted by Crippen LogP contribution is -2.25. The molecule has 0 bridgehead atoms. The second-order valence-corrected chi connectivity index (χ2v) is 9.16. The molecule has 1 N–H and O–H groups in total. The number of fused-ring (bicyclic) bond motifs is 1. The summed E-state index contributed by atoms with van der Waals surface area (Å²) < 4.78 is 16.4. The number of nitrogens with one attached hydrogen (secondary N) is 1. The van der Waals surface area contributed by atoms with E-state index in [2.05, 4.69) is 17.4 Å². The number of furan rings is 1. The predicted molar refractivity (Wildman–Crippen MR) is 139 cm³/mol. The highest BCUT2D eigenvalue weighted by molar-refractivity contribution is 6.32. The smallest absolute Gasteiger partial charge is 0.374 e. The van der Waals surface area contributed by atoms with Gasteiger partial charge in [-0.25, -0.2) is 4.79 Å². The number of hydrogen-bond donors (Lipinski definition) is 1. The number of carbonyl (C=O) groups is 2. The van der Waals surface area contributed by atoms with Crippen molar-refractivity contribution in [2.75, 3.05) is 13.2 Å². The van der Waals surface area contributed by atoms with Crippen molar-refractivity contribution in [1.29, 1.82) is 0 Å². The van der Waals surface area contributed by atoms with Crippen LogP contribution in [0.15, 0.2) is 58.5 Å². The van der Waals surface area contributed by atoms with E-state index >= 15 is 0 Å². The van der Waals surface area contributed by atoms with Gasteiger partial charge >= 0.3 is 5.97 Å². The number of allylic oxidation sites excluding steroid dienone is 1. The van der Waals surface area contributed by atoms with Crippen LogP contribution in [-0.4, -0.2) is 25.1 Å². The van der Waals surface area contributed by atoms with Gasteiger partial charge in [-0.05, 0) is 85.7 Å². The lowest BCUT2D eigenvalue weighted by atomic mass is 10.0. The summed E-state index contributed by atoms with van der Waals surface area (Å²) in [5.74, 6) is 0.762. The van der Waals surface area contributed by atoms with Crippen LogP contribution >= 0.6 is 11.6 Å². The summed E-state index contributed by atoms with van der Waals surface area (Å²) in [6.07, 6.45) is 2.07. The first kappa shape index (κ1) is 25.6. The summed E-state index contributed by atoms with van der Waals surface area (Å²) >= 11 is 6.26. The minimum absolute atomic E-state index is 0.125. The van der Waals surface area contributed by atoms with E-state index in [-0.39, 0.29) is 24.8 Å². The Bertz CT molecular complexity index is 1280. The number of ether oxygens (including phenoxy) is 2. The molecular weight excluding hydrogens is 478 g/mol. The van der Waals surface area contributed by atoms with Crippen molar-refractivity contribution in [3.63, 3.8) is 0 Å². The number of aryl methyl sites for hydroxylation is 2. The number of amides is 1. The monoisotopic (exact) mass is 507 g/mol. The van der Waals surface area contributed by atoms with Crippen molar-refractivity contribution in [2.24, 2.45) is 0 Å². The van der Waals surface area contributed by atoms with E-state index in [1.54, 1.807) is 19.1 Å². The molecule has 0 saturated heterocycles. The molecule has 1 heterocycles. The summed E-state index contributed by atoms with van der Waals surface area (Å²) in [7, 11) is 0. The molecule has 188 valence electrons. The van der Waals surface area contributed by atoms with E-state index in [0.717, 1.165) is 57.0 Å². The molecule has 0 saturated carbocycles. The topological polar surface area (TPSA) is 77.8 Å². The Hall–Kier alpha value is -3.51. The van der Waals surface area contributed by atoms with Gasteiger partial charge in [0.1, 0.15) is 11.5 Å². The number of esters is 1. The van der Waals surface area contributed by atoms with Gasteiger partial charge in [0.25, 0.3) is 0 Å². The summed E-state index contributed by atoms with van der Waals surface area (Å²) in [6, 6.07) is 15.2. The zero-order chi connectivity index (χ0) is 25.7. The molecule has 0 radical (unpaired) electrons. The maximum absolute atomic E-state index is 13.2. The molecule has 6 nitrogen and oxygen atoms in total. The number of carbonyl (C=O) groups excluding carboxylic acids is 2. The molecule has 1 aliphatic rings. The van der Waals surface area contributed by atoms with Gasteiger partial charge in [0.2, 0.25) is 11.7 Å². The maximum atomic E-state index is 13.2. The number of benzene rings is 2. The first-order valence-corrected chi connectivity index (χ1v) is 12.5. The van der Waals surface area contributed by atoms with E-state index in [4.69, 9.17) is 25.5 Å². The fourth-order valence-electron chi connectivity index (χ4n) is 4.42. The van der Waals surface area contributed by atoms with Crippen molar-refractivity contribution < 1.29 is 23.5 Å². The molecule has 1 aliphatic carbocycles. The number of halogens is 1. The molecule has 4 rings (SSSR count). The van der Waals surface area contributed by atoms with E-state index in [1.807, 2.05) is 38.1 Å². The van der Waals surface area contributed by atoms with Crippen molar-refractivity contribution >= 4 is 29.1 Å². The van der Waals surface area contributed by atoms with Crippen molar-refractivity contribution in [3.05, 3.63) is 92.9 Å². The fraction of sp³-hybridized carbons (Fsp3) is 0.310. The van der Waals surface area contributed by atoms with E-state index in [0.29, 0.717) is 18.8 Å². The Balaban J connectivity index is 1.40. The SMILES string of the molecule is CCOC(=O)c1ccc(CNC(=O)C2=C(CCCOc3cc(C)c(Cl)c(C)c3)c3ccccc3C2)o1. The molecule has 0 fully saturated rings. The zero-order valence-electron chi connectivity index (χ0n) is 20.8. The van der Waals surface area contributed by atoms with Crippen molar-refractivity contribution in [1.82, 2.24) is 5.32 Å². The van der Waals surface area contributed by atoms with Crippen LogP contribution in [0.2, 0.25) is 5.02 Å². The molecule has 0 spiro atoms. The third kappa shape index (κ3) is 5.82. The third-order valence-corrected chi connectivity index (χ3v) is 6.76. The lowest BCUT2D eigenvalue weighted by Gasteiger charge is -2.12. The summed E-state index contributed by atoms with van der Waals surface area (Å²) in [5, 5.41) is 3.70. The predicted octanol–water partition coefficient (Wildman–Crippen LogP) is 6.21. The Labute approximate surface area is 216 Å². The Morgan fingerprint density at radius 1 is 1.08 bits per heavy atom. The highest BCUT2D eigenvalue weighted by Crippen LogP contribution is 2.36. The molecule has 0 atom stereocenters. The van der Waals surface area contributed by atoms with Crippen molar-refractivity contribution in [2.45, 2.75) is 46.6 Å². The van der Waals surface area contributed by atoms with Gasteiger partial charge in [-0.3, -0.25) is 4.79 Å². The largest absolute Gasteiger partial charge is 0.494 e. The minimum Gasteiger partial charge on any atom is -0.494 e. The van der Waals surface area contributed by atoms with Gasteiger partial charge in [0, 0.05) is 17.0 Å². The third-order valence-electron chi connectivity index (χ3n) is 6.16. The average Bonchev–Trinajstić information content (AvgIpc) is 3.49. The van der Waals surface area contributed by atoms with E-state index in [1.165, 1.54) is 0 Å².